The van der Waals surface area contributed by atoms with Gasteiger partial charge in [0, 0.05) is 29.6 Å². The van der Waals surface area contributed by atoms with Gasteiger partial charge in [-0.15, -0.1) is 0 Å². The summed E-state index contributed by atoms with van der Waals surface area (Å²) in [4.78, 5) is 12.8. The topological polar surface area (TPSA) is 87.1 Å². The lowest BCUT2D eigenvalue weighted by Crippen LogP contribution is -1.99. The highest BCUT2D eigenvalue weighted by Gasteiger charge is 2.13. The molecular formula is C23H24N4O2. The van der Waals surface area contributed by atoms with Crippen molar-refractivity contribution < 1.29 is 9.15 Å². The summed E-state index contributed by atoms with van der Waals surface area (Å²) in [5.41, 5.74) is 9.09. The predicted molar refractivity (Wildman–Crippen MR) is 114 cm³/mol. The lowest BCUT2D eigenvalue weighted by atomic mass is 10.1. The largest absolute Gasteiger partial charge is 0.473 e. The Labute approximate surface area is 170 Å². The minimum atomic E-state index is 0.191. The molecule has 148 valence electrons. The predicted octanol–water partition coefficient (Wildman–Crippen LogP) is 5.38. The molecule has 0 unspecified atom stereocenters. The third-order valence-corrected chi connectivity index (χ3v) is 3.84. The highest BCUT2D eigenvalue weighted by Crippen LogP contribution is 2.31. The SMILES string of the molecule is CCC.Nc1ncc(-c2ccc(OCc3ccccc3)nc2)c(-c2ccco2)n1. The van der Waals surface area contributed by atoms with Crippen LogP contribution in [0.3, 0.4) is 0 Å². The number of nitrogens with two attached hydrogens (primary N) is 1. The summed E-state index contributed by atoms with van der Waals surface area (Å²) in [7, 11) is 0. The summed E-state index contributed by atoms with van der Waals surface area (Å²) in [6.07, 6.45) is 6.24. The first kappa shape index (κ1) is 20.1. The molecule has 0 spiro atoms. The van der Waals surface area contributed by atoms with E-state index in [9.17, 15) is 0 Å². The average molecular weight is 388 g/mol. The highest BCUT2D eigenvalue weighted by atomic mass is 16.5. The van der Waals surface area contributed by atoms with Gasteiger partial charge in [-0.05, 0) is 23.8 Å². The number of aromatic nitrogens is 3. The van der Waals surface area contributed by atoms with Gasteiger partial charge in [0.05, 0.1) is 6.26 Å². The van der Waals surface area contributed by atoms with Gasteiger partial charge < -0.3 is 14.9 Å². The summed E-state index contributed by atoms with van der Waals surface area (Å²) in [6, 6.07) is 17.3. The van der Waals surface area contributed by atoms with Gasteiger partial charge in [-0.25, -0.2) is 15.0 Å². The van der Waals surface area contributed by atoms with Crippen molar-refractivity contribution in [3.63, 3.8) is 0 Å². The van der Waals surface area contributed by atoms with E-state index in [0.717, 1.165) is 16.7 Å². The molecular weight excluding hydrogens is 364 g/mol. The first-order valence-corrected chi connectivity index (χ1v) is 9.50. The van der Waals surface area contributed by atoms with E-state index in [4.69, 9.17) is 14.9 Å². The number of hydrogen-bond donors (Lipinski definition) is 1. The Morgan fingerprint density at radius 2 is 1.72 bits per heavy atom. The van der Waals surface area contributed by atoms with Crippen molar-refractivity contribution in [1.29, 1.82) is 0 Å². The Morgan fingerprint density at radius 1 is 0.931 bits per heavy atom. The minimum Gasteiger partial charge on any atom is -0.473 e. The van der Waals surface area contributed by atoms with Crippen molar-refractivity contribution in [3.05, 3.63) is 78.8 Å². The maximum absolute atomic E-state index is 5.73. The van der Waals surface area contributed by atoms with Crippen LogP contribution in [0.25, 0.3) is 22.6 Å². The van der Waals surface area contributed by atoms with Gasteiger partial charge >= 0.3 is 0 Å². The average Bonchev–Trinajstić information content (AvgIpc) is 3.29. The number of benzene rings is 1. The number of rotatable bonds is 5. The molecule has 0 atom stereocenters. The van der Waals surface area contributed by atoms with E-state index in [1.165, 1.54) is 6.42 Å². The van der Waals surface area contributed by atoms with Crippen LogP contribution in [-0.2, 0) is 6.61 Å². The van der Waals surface area contributed by atoms with Crippen molar-refractivity contribution in [2.24, 2.45) is 0 Å². The van der Waals surface area contributed by atoms with E-state index in [1.54, 1.807) is 24.7 Å². The number of nitrogen functional groups attached to an aromatic ring is 1. The Bertz CT molecular complexity index is 1000. The molecule has 0 saturated heterocycles. The molecule has 29 heavy (non-hydrogen) atoms. The van der Waals surface area contributed by atoms with E-state index < -0.39 is 0 Å². The monoisotopic (exact) mass is 388 g/mol. The van der Waals surface area contributed by atoms with Crippen molar-refractivity contribution in [1.82, 2.24) is 15.0 Å². The van der Waals surface area contributed by atoms with Gasteiger partial charge in [0.1, 0.15) is 12.3 Å². The highest BCUT2D eigenvalue weighted by molar-refractivity contribution is 5.78. The van der Waals surface area contributed by atoms with Crippen LogP contribution >= 0.6 is 0 Å². The molecule has 4 rings (SSSR count). The van der Waals surface area contributed by atoms with Crippen molar-refractivity contribution >= 4 is 5.95 Å². The van der Waals surface area contributed by atoms with Crippen LogP contribution in [-0.4, -0.2) is 15.0 Å². The molecule has 3 heterocycles. The Morgan fingerprint density at radius 3 is 2.38 bits per heavy atom. The number of furan rings is 1. The summed E-state index contributed by atoms with van der Waals surface area (Å²) in [5, 5.41) is 0. The summed E-state index contributed by atoms with van der Waals surface area (Å²) < 4.78 is 11.2. The van der Waals surface area contributed by atoms with E-state index >= 15 is 0 Å². The number of nitrogens with zero attached hydrogens (tertiary/aromatic N) is 3. The van der Waals surface area contributed by atoms with Crippen molar-refractivity contribution in [3.8, 4) is 28.5 Å². The van der Waals surface area contributed by atoms with Crippen LogP contribution in [0.15, 0.2) is 77.7 Å². The summed E-state index contributed by atoms with van der Waals surface area (Å²) in [6.45, 7) is 4.72. The first-order chi connectivity index (χ1) is 14.2. The number of pyridine rings is 1. The quantitative estimate of drug-likeness (QED) is 0.494. The zero-order valence-corrected chi connectivity index (χ0v) is 16.6. The van der Waals surface area contributed by atoms with Gasteiger partial charge in [0.15, 0.2) is 5.76 Å². The van der Waals surface area contributed by atoms with Crippen LogP contribution in [0.1, 0.15) is 25.8 Å². The molecule has 0 radical (unpaired) electrons. The van der Waals surface area contributed by atoms with E-state index in [2.05, 4.69) is 28.8 Å². The van der Waals surface area contributed by atoms with Gasteiger partial charge in [0.2, 0.25) is 11.8 Å². The zero-order chi connectivity index (χ0) is 20.5. The van der Waals surface area contributed by atoms with Crippen LogP contribution in [0.5, 0.6) is 5.88 Å². The Hall–Kier alpha value is -3.67. The maximum Gasteiger partial charge on any atom is 0.220 e. The van der Waals surface area contributed by atoms with Crippen LogP contribution in [0.4, 0.5) is 5.95 Å². The molecule has 0 aliphatic heterocycles. The smallest absolute Gasteiger partial charge is 0.220 e. The second-order valence-corrected chi connectivity index (χ2v) is 6.33. The minimum absolute atomic E-state index is 0.191. The summed E-state index contributed by atoms with van der Waals surface area (Å²) in [5.74, 6) is 1.36. The fourth-order valence-electron chi connectivity index (χ4n) is 2.56. The third kappa shape index (κ3) is 5.42. The molecule has 0 aliphatic carbocycles. The number of ether oxygens (including phenoxy) is 1. The second kappa shape index (κ2) is 10.0. The van der Waals surface area contributed by atoms with E-state index in [0.29, 0.717) is 23.9 Å². The van der Waals surface area contributed by atoms with Crippen LogP contribution in [0.2, 0.25) is 0 Å². The van der Waals surface area contributed by atoms with Crippen LogP contribution < -0.4 is 10.5 Å². The van der Waals surface area contributed by atoms with Gasteiger partial charge in [-0.3, -0.25) is 0 Å². The third-order valence-electron chi connectivity index (χ3n) is 3.84. The molecule has 0 bridgehead atoms. The molecule has 6 nitrogen and oxygen atoms in total. The van der Waals surface area contributed by atoms with Gasteiger partial charge in [-0.1, -0.05) is 50.6 Å². The van der Waals surface area contributed by atoms with Gasteiger partial charge in [-0.2, -0.15) is 0 Å². The zero-order valence-electron chi connectivity index (χ0n) is 16.6. The van der Waals surface area contributed by atoms with Crippen molar-refractivity contribution in [2.45, 2.75) is 26.9 Å². The van der Waals surface area contributed by atoms with Gasteiger partial charge in [0.25, 0.3) is 0 Å². The number of anilines is 1. The van der Waals surface area contributed by atoms with Crippen LogP contribution in [0, 0.1) is 0 Å². The fourth-order valence-corrected chi connectivity index (χ4v) is 2.56. The van der Waals surface area contributed by atoms with Crippen molar-refractivity contribution in [2.75, 3.05) is 5.73 Å². The van der Waals surface area contributed by atoms with E-state index in [1.807, 2.05) is 48.5 Å². The first-order valence-electron chi connectivity index (χ1n) is 9.50. The Balaban J connectivity index is 0.000000755. The molecule has 6 heteroatoms. The lowest BCUT2D eigenvalue weighted by molar-refractivity contribution is 0.294. The molecule has 1 aromatic carbocycles. The molecule has 3 aromatic heterocycles. The number of hydrogen-bond acceptors (Lipinski definition) is 6. The molecule has 0 amide bonds. The normalized spacial score (nSPS) is 10.1. The molecule has 0 aliphatic rings. The molecule has 2 N–H and O–H groups in total. The molecule has 0 fully saturated rings. The standard InChI is InChI=1S/C20H16N4O2.C3H8/c21-20-23-12-16(19(24-20)17-7-4-10-25-17)15-8-9-18(22-11-15)26-13-14-5-2-1-3-6-14;1-3-2/h1-12H,13H2,(H2,21,23,24);3H2,1-2H3. The maximum atomic E-state index is 5.73. The summed E-state index contributed by atoms with van der Waals surface area (Å²) >= 11 is 0. The Kier molecular flexibility index (Phi) is 6.95. The van der Waals surface area contributed by atoms with E-state index in [-0.39, 0.29) is 5.95 Å². The fraction of sp³-hybridized carbons (Fsp3) is 0.174. The molecule has 4 aromatic rings. The second-order valence-electron chi connectivity index (χ2n) is 6.33. The molecule has 0 saturated carbocycles. The lowest BCUT2D eigenvalue weighted by Gasteiger charge is -2.09.